The number of nitrogens with zero attached hydrogens (tertiary/aromatic N) is 1. The molecule has 11 rings (SSSR count). The van der Waals surface area contributed by atoms with Gasteiger partial charge >= 0.3 is 0 Å². The topological polar surface area (TPSA) is 16.4 Å². The lowest BCUT2D eigenvalue weighted by atomic mass is 9.43. The van der Waals surface area contributed by atoms with Crippen molar-refractivity contribution in [3.05, 3.63) is 126 Å². The van der Waals surface area contributed by atoms with E-state index < -0.39 is 0 Å². The van der Waals surface area contributed by atoms with Crippen LogP contribution in [-0.4, -0.2) is 0 Å². The second-order valence-corrected chi connectivity index (χ2v) is 13.4. The van der Waals surface area contributed by atoms with Crippen molar-refractivity contribution in [3.8, 4) is 11.1 Å². The zero-order chi connectivity index (χ0) is 27.4. The second-order valence-electron chi connectivity index (χ2n) is 13.4. The molecule has 4 bridgehead atoms. The Morgan fingerprint density at radius 3 is 2.07 bits per heavy atom. The zero-order valence-electron chi connectivity index (χ0n) is 23.7. The minimum atomic E-state index is 0.155. The van der Waals surface area contributed by atoms with Crippen LogP contribution in [0.25, 0.3) is 33.1 Å². The van der Waals surface area contributed by atoms with Crippen LogP contribution in [0, 0.1) is 23.7 Å². The zero-order valence-corrected chi connectivity index (χ0v) is 23.7. The highest BCUT2D eigenvalue weighted by Gasteiger charge is 2.61. The Morgan fingerprint density at radius 2 is 1.24 bits per heavy atom. The largest absolute Gasteiger partial charge is 0.456 e. The average Bonchev–Trinajstić information content (AvgIpc) is 3.54. The van der Waals surface area contributed by atoms with E-state index in [2.05, 4.69) is 114 Å². The van der Waals surface area contributed by atoms with Crippen LogP contribution in [0.1, 0.15) is 43.2 Å². The molecule has 1 spiro atoms. The fraction of sp³-hybridized carbons (Fsp3) is 0.250. The van der Waals surface area contributed by atoms with Crippen LogP contribution in [-0.2, 0) is 5.41 Å². The Labute approximate surface area is 246 Å². The molecule has 6 aromatic rings. The molecule has 0 amide bonds. The standard InChI is InChI=1S/C40H33NO/c1-2-9-29(10-3-1)41(30-17-18-38-33(24-30)31-11-5-7-16-37(31)42-38)36-15-8-14-35-39(36)32-12-4-6-13-34(32)40(35)27-20-25-19-26(22-27)23-28(40)21-25/h1-18,24-28H,19-23H2. The number of fused-ring (bicyclic) bond motifs is 6. The van der Waals surface area contributed by atoms with E-state index in [1.165, 1.54) is 60.0 Å². The summed E-state index contributed by atoms with van der Waals surface area (Å²) in [5.74, 6) is 3.39. The first-order chi connectivity index (χ1) is 20.8. The molecule has 2 heteroatoms. The number of hydrogen-bond acceptors (Lipinski definition) is 2. The van der Waals surface area contributed by atoms with E-state index >= 15 is 0 Å². The van der Waals surface area contributed by atoms with E-state index in [4.69, 9.17) is 4.42 Å². The summed E-state index contributed by atoms with van der Waals surface area (Å²) in [6.07, 6.45) is 7.08. The van der Waals surface area contributed by atoms with Crippen LogP contribution in [0.5, 0.6) is 0 Å². The van der Waals surface area contributed by atoms with Gasteiger partial charge in [-0.25, -0.2) is 0 Å². The molecule has 0 atom stereocenters. The van der Waals surface area contributed by atoms with Crippen LogP contribution >= 0.6 is 0 Å². The predicted octanol–water partition coefficient (Wildman–Crippen LogP) is 10.8. The number of benzene rings is 5. The van der Waals surface area contributed by atoms with Gasteiger partial charge in [0, 0.05) is 33.1 Å². The van der Waals surface area contributed by atoms with Crippen molar-refractivity contribution >= 4 is 39.0 Å². The van der Waals surface area contributed by atoms with E-state index in [0.717, 1.165) is 45.9 Å². The lowest BCUT2D eigenvalue weighted by Crippen LogP contribution is -2.55. The summed E-state index contributed by atoms with van der Waals surface area (Å²) in [6.45, 7) is 0. The van der Waals surface area contributed by atoms with Crippen molar-refractivity contribution < 1.29 is 4.42 Å². The summed E-state index contributed by atoms with van der Waals surface area (Å²) in [5.41, 5.74) is 11.7. The Kier molecular flexibility index (Phi) is 4.65. The molecular formula is C40H33NO. The van der Waals surface area contributed by atoms with Gasteiger partial charge in [0.15, 0.2) is 0 Å². The van der Waals surface area contributed by atoms with Crippen molar-refractivity contribution in [1.29, 1.82) is 0 Å². The van der Waals surface area contributed by atoms with Crippen LogP contribution in [0.15, 0.2) is 120 Å². The molecule has 2 nitrogen and oxygen atoms in total. The highest BCUT2D eigenvalue weighted by Crippen LogP contribution is 2.70. The normalized spacial score (nSPS) is 26.7. The van der Waals surface area contributed by atoms with Gasteiger partial charge in [0.05, 0.1) is 5.69 Å². The minimum Gasteiger partial charge on any atom is -0.456 e. The van der Waals surface area contributed by atoms with Gasteiger partial charge in [-0.15, -0.1) is 0 Å². The van der Waals surface area contributed by atoms with Crippen molar-refractivity contribution in [2.45, 2.75) is 37.5 Å². The Balaban J connectivity index is 1.24. The predicted molar refractivity (Wildman–Crippen MR) is 172 cm³/mol. The van der Waals surface area contributed by atoms with Crippen molar-refractivity contribution in [2.24, 2.45) is 23.7 Å². The molecule has 5 aliphatic rings. The fourth-order valence-corrected chi connectivity index (χ4v) is 10.2. The van der Waals surface area contributed by atoms with Gasteiger partial charge in [-0.3, -0.25) is 0 Å². The van der Waals surface area contributed by atoms with Crippen LogP contribution < -0.4 is 4.90 Å². The van der Waals surface area contributed by atoms with Crippen molar-refractivity contribution in [3.63, 3.8) is 0 Å². The molecule has 0 saturated heterocycles. The highest BCUT2D eigenvalue weighted by atomic mass is 16.3. The molecule has 4 saturated carbocycles. The van der Waals surface area contributed by atoms with Gasteiger partial charge in [-0.05, 0) is 115 Å². The molecule has 5 aliphatic carbocycles. The first-order valence-corrected chi connectivity index (χ1v) is 15.8. The lowest BCUT2D eigenvalue weighted by molar-refractivity contribution is -0.0399. The van der Waals surface area contributed by atoms with Gasteiger partial charge in [-0.1, -0.05) is 72.8 Å². The van der Waals surface area contributed by atoms with Gasteiger partial charge in [0.1, 0.15) is 11.2 Å². The molecule has 1 aromatic heterocycles. The summed E-state index contributed by atoms with van der Waals surface area (Å²) >= 11 is 0. The smallest absolute Gasteiger partial charge is 0.135 e. The molecular weight excluding hydrogens is 510 g/mol. The summed E-state index contributed by atoms with van der Waals surface area (Å²) in [5, 5.41) is 2.33. The Hall–Kier alpha value is -4.30. The molecule has 1 heterocycles. The summed E-state index contributed by atoms with van der Waals surface area (Å²) < 4.78 is 6.23. The highest BCUT2D eigenvalue weighted by molar-refractivity contribution is 6.07. The van der Waals surface area contributed by atoms with Gasteiger partial charge in [-0.2, -0.15) is 0 Å². The maximum absolute atomic E-state index is 6.23. The van der Waals surface area contributed by atoms with Crippen LogP contribution in [0.3, 0.4) is 0 Å². The average molecular weight is 544 g/mol. The number of furan rings is 1. The van der Waals surface area contributed by atoms with Crippen molar-refractivity contribution in [1.82, 2.24) is 0 Å². The van der Waals surface area contributed by atoms with E-state index in [1.807, 2.05) is 6.07 Å². The fourth-order valence-electron chi connectivity index (χ4n) is 10.2. The molecule has 204 valence electrons. The van der Waals surface area contributed by atoms with E-state index in [9.17, 15) is 0 Å². The Bertz CT molecular complexity index is 1990. The van der Waals surface area contributed by atoms with E-state index in [1.54, 1.807) is 11.1 Å². The minimum absolute atomic E-state index is 0.155. The maximum atomic E-state index is 6.23. The summed E-state index contributed by atoms with van der Waals surface area (Å²) in [4.78, 5) is 2.49. The second kappa shape index (κ2) is 8.38. The third kappa shape index (κ3) is 2.95. The first-order valence-electron chi connectivity index (χ1n) is 15.8. The van der Waals surface area contributed by atoms with Crippen LogP contribution in [0.4, 0.5) is 17.1 Å². The number of rotatable bonds is 3. The summed E-state index contributed by atoms with van der Waals surface area (Å²) in [7, 11) is 0. The van der Waals surface area contributed by atoms with E-state index in [-0.39, 0.29) is 5.41 Å². The Morgan fingerprint density at radius 1 is 0.548 bits per heavy atom. The molecule has 0 N–H and O–H groups in total. The number of para-hydroxylation sites is 2. The van der Waals surface area contributed by atoms with Gasteiger partial charge in [0.25, 0.3) is 0 Å². The molecule has 0 unspecified atom stereocenters. The third-order valence-electron chi connectivity index (χ3n) is 11.4. The van der Waals surface area contributed by atoms with Crippen molar-refractivity contribution in [2.75, 3.05) is 4.90 Å². The van der Waals surface area contributed by atoms with E-state index in [0.29, 0.717) is 0 Å². The van der Waals surface area contributed by atoms with Crippen LogP contribution in [0.2, 0.25) is 0 Å². The maximum Gasteiger partial charge on any atom is 0.135 e. The molecule has 0 aliphatic heterocycles. The number of anilines is 3. The summed E-state index contributed by atoms with van der Waals surface area (Å²) in [6, 6.07) is 42.7. The van der Waals surface area contributed by atoms with Gasteiger partial charge in [0.2, 0.25) is 0 Å². The molecule has 5 aromatic carbocycles. The molecule has 0 radical (unpaired) electrons. The molecule has 4 fully saturated rings. The third-order valence-corrected chi connectivity index (χ3v) is 11.4. The monoisotopic (exact) mass is 543 g/mol. The quantitative estimate of drug-likeness (QED) is 0.221. The first kappa shape index (κ1) is 23.3. The van der Waals surface area contributed by atoms with Gasteiger partial charge < -0.3 is 9.32 Å². The SMILES string of the molecule is c1ccc(N(c2ccc3oc4ccccc4c3c2)c2cccc3c2-c2ccccc2C32C3CC4CC(C3)CC2C4)cc1. The molecule has 42 heavy (non-hydrogen) atoms. The number of hydrogen-bond donors (Lipinski definition) is 0. The lowest BCUT2D eigenvalue weighted by Gasteiger charge is -2.61.